The van der Waals surface area contributed by atoms with Crippen LogP contribution in [0.1, 0.15) is 54.4 Å². The number of piperidine rings is 1. The number of hydroxylamine groups is 2. The summed E-state index contributed by atoms with van der Waals surface area (Å²) in [4.78, 5) is 5.58. The van der Waals surface area contributed by atoms with Crippen molar-refractivity contribution in [3.63, 3.8) is 0 Å². The molecule has 1 heterocycles. The molecule has 0 amide bonds. The first-order valence-corrected chi connectivity index (χ1v) is 6.05. The monoisotopic (exact) mass is 213 g/mol. The minimum absolute atomic E-state index is 0.144. The molecule has 0 N–H and O–H groups in total. The third kappa shape index (κ3) is 2.54. The van der Waals surface area contributed by atoms with Gasteiger partial charge in [0.15, 0.2) is 0 Å². The van der Waals surface area contributed by atoms with Gasteiger partial charge in [0.1, 0.15) is 0 Å². The molecular formula is C13H27NO. The van der Waals surface area contributed by atoms with Crippen LogP contribution in [0.25, 0.3) is 0 Å². The van der Waals surface area contributed by atoms with Crippen LogP contribution in [0.15, 0.2) is 0 Å². The van der Waals surface area contributed by atoms with Crippen molar-refractivity contribution in [2.75, 3.05) is 7.11 Å². The molecule has 2 nitrogen and oxygen atoms in total. The van der Waals surface area contributed by atoms with Crippen LogP contribution in [0, 0.1) is 11.8 Å². The molecule has 0 spiro atoms. The van der Waals surface area contributed by atoms with Crippen molar-refractivity contribution in [1.29, 1.82) is 0 Å². The molecule has 1 saturated heterocycles. The van der Waals surface area contributed by atoms with Crippen LogP contribution in [-0.2, 0) is 4.84 Å². The standard InChI is InChI=1S/C13H27NO/c1-10(2)11-8-12(3,4)14(15-7)13(5,6)9-11/h10-11H,8-9H2,1-7H3. The van der Waals surface area contributed by atoms with E-state index in [1.807, 2.05) is 0 Å². The van der Waals surface area contributed by atoms with E-state index in [1.165, 1.54) is 12.8 Å². The SMILES string of the molecule is CON1C(C)(C)CC(C(C)C)CC1(C)C. The highest BCUT2D eigenvalue weighted by Gasteiger charge is 2.46. The number of rotatable bonds is 2. The van der Waals surface area contributed by atoms with E-state index < -0.39 is 0 Å². The van der Waals surface area contributed by atoms with Gasteiger partial charge in [0.2, 0.25) is 0 Å². The minimum atomic E-state index is 0.144. The zero-order valence-electron chi connectivity index (χ0n) is 11.4. The Hall–Kier alpha value is -0.0800. The smallest absolute Gasteiger partial charge is 0.0575 e. The third-order valence-electron chi connectivity index (χ3n) is 3.75. The molecule has 0 radical (unpaired) electrons. The molecule has 0 aromatic heterocycles. The zero-order valence-corrected chi connectivity index (χ0v) is 11.4. The highest BCUT2D eigenvalue weighted by molar-refractivity contribution is 4.96. The maximum atomic E-state index is 5.58. The van der Waals surface area contributed by atoms with Crippen molar-refractivity contribution >= 4 is 0 Å². The predicted octanol–water partition coefficient (Wildman–Crippen LogP) is 3.47. The Balaban J connectivity index is 2.90. The summed E-state index contributed by atoms with van der Waals surface area (Å²) in [6.07, 6.45) is 2.45. The summed E-state index contributed by atoms with van der Waals surface area (Å²) in [5.74, 6) is 1.57. The van der Waals surface area contributed by atoms with E-state index in [0.717, 1.165) is 11.8 Å². The molecule has 15 heavy (non-hydrogen) atoms. The average Bonchev–Trinajstić information content (AvgIpc) is 1.99. The van der Waals surface area contributed by atoms with Crippen LogP contribution in [0.4, 0.5) is 0 Å². The molecule has 0 saturated carbocycles. The Morgan fingerprint density at radius 2 is 1.47 bits per heavy atom. The van der Waals surface area contributed by atoms with Crippen LogP contribution in [0.2, 0.25) is 0 Å². The first-order valence-electron chi connectivity index (χ1n) is 6.05. The highest BCUT2D eigenvalue weighted by Crippen LogP contribution is 2.43. The lowest BCUT2D eigenvalue weighted by atomic mass is 9.71. The molecule has 1 rings (SSSR count). The molecule has 0 unspecified atom stereocenters. The van der Waals surface area contributed by atoms with Crippen molar-refractivity contribution in [2.24, 2.45) is 11.8 Å². The van der Waals surface area contributed by atoms with Gasteiger partial charge in [-0.2, -0.15) is 5.06 Å². The average molecular weight is 213 g/mol. The molecule has 2 heteroatoms. The van der Waals surface area contributed by atoms with Crippen molar-refractivity contribution in [3.8, 4) is 0 Å². The van der Waals surface area contributed by atoms with E-state index in [0.29, 0.717) is 0 Å². The normalized spacial score (nSPS) is 27.2. The molecule has 0 atom stereocenters. The molecule has 1 fully saturated rings. The zero-order chi connectivity index (χ0) is 11.9. The quantitative estimate of drug-likeness (QED) is 0.696. The van der Waals surface area contributed by atoms with Crippen molar-refractivity contribution in [2.45, 2.75) is 65.5 Å². The number of hydrogen-bond acceptors (Lipinski definition) is 2. The van der Waals surface area contributed by atoms with Gasteiger partial charge in [-0.25, -0.2) is 0 Å². The molecular weight excluding hydrogens is 186 g/mol. The second-order valence-electron chi connectivity index (χ2n) is 6.51. The van der Waals surface area contributed by atoms with E-state index in [4.69, 9.17) is 4.84 Å². The lowest BCUT2D eigenvalue weighted by Crippen LogP contribution is -2.60. The van der Waals surface area contributed by atoms with Gasteiger partial charge in [-0.3, -0.25) is 0 Å². The molecule has 0 aliphatic carbocycles. The van der Waals surface area contributed by atoms with E-state index in [2.05, 4.69) is 46.6 Å². The van der Waals surface area contributed by atoms with E-state index in [9.17, 15) is 0 Å². The fraction of sp³-hybridized carbons (Fsp3) is 1.00. The molecule has 1 aliphatic rings. The fourth-order valence-corrected chi connectivity index (χ4v) is 3.31. The predicted molar refractivity (Wildman–Crippen MR) is 64.6 cm³/mol. The second-order valence-corrected chi connectivity index (χ2v) is 6.51. The summed E-state index contributed by atoms with van der Waals surface area (Å²) >= 11 is 0. The molecule has 0 aromatic carbocycles. The van der Waals surface area contributed by atoms with Gasteiger partial charge < -0.3 is 4.84 Å². The highest BCUT2D eigenvalue weighted by atomic mass is 16.7. The van der Waals surface area contributed by atoms with E-state index in [-0.39, 0.29) is 11.1 Å². The number of hydrogen-bond donors (Lipinski definition) is 0. The first kappa shape index (κ1) is 13.0. The largest absolute Gasteiger partial charge is 0.301 e. The van der Waals surface area contributed by atoms with Crippen molar-refractivity contribution in [1.82, 2.24) is 5.06 Å². The Morgan fingerprint density at radius 1 is 1.07 bits per heavy atom. The molecule has 1 aliphatic heterocycles. The Kier molecular flexibility index (Phi) is 3.52. The summed E-state index contributed by atoms with van der Waals surface area (Å²) in [6.45, 7) is 13.8. The molecule has 90 valence electrons. The van der Waals surface area contributed by atoms with Crippen LogP contribution in [0.3, 0.4) is 0 Å². The van der Waals surface area contributed by atoms with Gasteiger partial charge in [0.25, 0.3) is 0 Å². The first-order chi connectivity index (χ1) is 6.70. The van der Waals surface area contributed by atoms with Crippen molar-refractivity contribution in [3.05, 3.63) is 0 Å². The maximum Gasteiger partial charge on any atom is 0.0575 e. The van der Waals surface area contributed by atoms with Crippen LogP contribution < -0.4 is 0 Å². The lowest BCUT2D eigenvalue weighted by Gasteiger charge is -2.54. The summed E-state index contributed by atoms with van der Waals surface area (Å²) in [7, 11) is 1.79. The Labute approximate surface area is 94.9 Å². The van der Waals surface area contributed by atoms with Crippen molar-refractivity contribution < 1.29 is 4.84 Å². The van der Waals surface area contributed by atoms with Gasteiger partial charge in [-0.05, 0) is 52.4 Å². The molecule has 0 aromatic rings. The minimum Gasteiger partial charge on any atom is -0.301 e. The van der Waals surface area contributed by atoms with Crippen LogP contribution in [0.5, 0.6) is 0 Å². The summed E-state index contributed by atoms with van der Waals surface area (Å²) in [6, 6.07) is 0. The van der Waals surface area contributed by atoms with Gasteiger partial charge >= 0.3 is 0 Å². The topological polar surface area (TPSA) is 12.5 Å². The Bertz CT molecular complexity index is 203. The van der Waals surface area contributed by atoms with Gasteiger partial charge in [0.05, 0.1) is 7.11 Å². The third-order valence-corrected chi connectivity index (χ3v) is 3.75. The molecule has 0 bridgehead atoms. The Morgan fingerprint density at radius 3 is 1.73 bits per heavy atom. The number of nitrogens with zero attached hydrogens (tertiary/aromatic N) is 1. The van der Waals surface area contributed by atoms with E-state index >= 15 is 0 Å². The van der Waals surface area contributed by atoms with Gasteiger partial charge in [-0.15, -0.1) is 0 Å². The fourth-order valence-electron chi connectivity index (χ4n) is 3.31. The second kappa shape index (κ2) is 4.06. The summed E-state index contributed by atoms with van der Waals surface area (Å²) in [5.41, 5.74) is 0.289. The van der Waals surface area contributed by atoms with Gasteiger partial charge in [0, 0.05) is 11.1 Å². The summed E-state index contributed by atoms with van der Waals surface area (Å²) < 4.78 is 0. The summed E-state index contributed by atoms with van der Waals surface area (Å²) in [5, 5.41) is 2.18. The van der Waals surface area contributed by atoms with E-state index in [1.54, 1.807) is 7.11 Å². The van der Waals surface area contributed by atoms with Gasteiger partial charge in [-0.1, -0.05) is 13.8 Å². The van der Waals surface area contributed by atoms with Crippen LogP contribution >= 0.6 is 0 Å². The van der Waals surface area contributed by atoms with Crippen LogP contribution in [-0.4, -0.2) is 23.3 Å². The maximum absolute atomic E-state index is 5.58. The lowest BCUT2D eigenvalue weighted by molar-refractivity contribution is -0.273.